The van der Waals surface area contributed by atoms with Gasteiger partial charge in [-0.2, -0.15) is 10.2 Å². The Hall–Kier alpha value is -3.23. The quantitative estimate of drug-likeness (QED) is 0.684. The van der Waals surface area contributed by atoms with Gasteiger partial charge in [-0.15, -0.1) is 0 Å². The molecule has 1 spiro atoms. The van der Waals surface area contributed by atoms with E-state index in [-0.39, 0.29) is 23.3 Å². The number of rotatable bonds is 5. The Morgan fingerprint density at radius 1 is 1.34 bits per heavy atom. The van der Waals surface area contributed by atoms with Gasteiger partial charge in [0.2, 0.25) is 5.82 Å². The molecule has 5 rings (SSSR count). The van der Waals surface area contributed by atoms with E-state index in [2.05, 4.69) is 25.6 Å². The van der Waals surface area contributed by atoms with Gasteiger partial charge in [0.25, 0.3) is 11.8 Å². The summed E-state index contributed by atoms with van der Waals surface area (Å²) < 4.78 is 1.62. The Morgan fingerprint density at radius 3 is 3.00 bits per heavy atom. The maximum absolute atomic E-state index is 13.1. The predicted molar refractivity (Wildman–Crippen MR) is 105 cm³/mol. The molecule has 2 fully saturated rings. The van der Waals surface area contributed by atoms with E-state index in [0.29, 0.717) is 24.5 Å². The van der Waals surface area contributed by atoms with Gasteiger partial charge in [0, 0.05) is 25.0 Å². The number of amides is 2. The lowest BCUT2D eigenvalue weighted by molar-refractivity contribution is 0.0702. The molecule has 1 aliphatic carbocycles. The summed E-state index contributed by atoms with van der Waals surface area (Å²) in [6.45, 7) is 3.66. The first-order valence-corrected chi connectivity index (χ1v) is 9.99. The largest absolute Gasteiger partial charge is 0.350 e. The molecule has 2 aromatic heterocycles. The van der Waals surface area contributed by atoms with E-state index < -0.39 is 0 Å². The summed E-state index contributed by atoms with van der Waals surface area (Å²) in [5, 5.41) is 14.9. The number of hydrogen-bond acceptors (Lipinski definition) is 5. The molecule has 1 atom stereocenters. The number of carbonyl (C=O) groups excluding carboxylic acids is 2. The van der Waals surface area contributed by atoms with Crippen LogP contribution in [0.1, 0.15) is 47.2 Å². The lowest BCUT2D eigenvalue weighted by atomic mass is 10.0. The highest BCUT2D eigenvalue weighted by Crippen LogP contribution is 2.54. The zero-order valence-corrected chi connectivity index (χ0v) is 16.3. The van der Waals surface area contributed by atoms with Gasteiger partial charge in [0.15, 0.2) is 0 Å². The predicted octanol–water partition coefficient (Wildman–Crippen LogP) is 1.60. The number of H-pyrrole nitrogens is 1. The number of aryl methyl sites for hydroxylation is 1. The van der Waals surface area contributed by atoms with Gasteiger partial charge in [0.1, 0.15) is 6.33 Å². The highest BCUT2D eigenvalue weighted by molar-refractivity contribution is 6.05. The van der Waals surface area contributed by atoms with E-state index in [0.717, 1.165) is 36.7 Å². The molecule has 1 saturated heterocycles. The van der Waals surface area contributed by atoms with E-state index in [1.807, 2.05) is 24.0 Å². The SMILES string of the molecule is CCn1ncnc1C(=O)N1CC2(CC2)CC1CNC(=O)c1cccc2cn[nH]c12. The van der Waals surface area contributed by atoms with Crippen molar-refractivity contribution >= 4 is 22.7 Å². The van der Waals surface area contributed by atoms with Crippen molar-refractivity contribution in [3.05, 3.63) is 42.1 Å². The average molecular weight is 393 g/mol. The zero-order valence-electron chi connectivity index (χ0n) is 16.3. The number of aromatic nitrogens is 5. The number of fused-ring (bicyclic) bond motifs is 1. The van der Waals surface area contributed by atoms with Crippen LogP contribution in [-0.4, -0.2) is 60.8 Å². The molecule has 9 nitrogen and oxygen atoms in total. The lowest BCUT2D eigenvalue weighted by Crippen LogP contribution is -2.44. The fourth-order valence-corrected chi connectivity index (χ4v) is 4.38. The third-order valence-corrected chi connectivity index (χ3v) is 6.16. The summed E-state index contributed by atoms with van der Waals surface area (Å²) in [7, 11) is 0. The number of nitrogens with one attached hydrogen (secondary N) is 2. The summed E-state index contributed by atoms with van der Waals surface area (Å²) in [5.41, 5.74) is 1.49. The average Bonchev–Trinajstić information content (AvgIpc) is 3.13. The van der Waals surface area contributed by atoms with Gasteiger partial charge in [-0.05, 0) is 37.7 Å². The Morgan fingerprint density at radius 2 is 2.21 bits per heavy atom. The molecule has 3 aromatic rings. The van der Waals surface area contributed by atoms with Crippen LogP contribution in [0.2, 0.25) is 0 Å². The topological polar surface area (TPSA) is 109 Å². The number of aromatic amines is 1. The minimum Gasteiger partial charge on any atom is -0.350 e. The van der Waals surface area contributed by atoms with E-state index in [4.69, 9.17) is 0 Å². The number of nitrogens with zero attached hydrogens (tertiary/aromatic N) is 5. The Balaban J connectivity index is 1.33. The molecule has 9 heteroatoms. The van der Waals surface area contributed by atoms with Crippen LogP contribution < -0.4 is 5.32 Å². The zero-order chi connectivity index (χ0) is 20.0. The van der Waals surface area contributed by atoms with E-state index >= 15 is 0 Å². The first kappa shape index (κ1) is 17.8. The molecule has 150 valence electrons. The third-order valence-electron chi connectivity index (χ3n) is 6.16. The number of benzene rings is 1. The Bertz CT molecular complexity index is 1080. The van der Waals surface area contributed by atoms with Crippen molar-refractivity contribution in [1.82, 2.24) is 35.2 Å². The van der Waals surface area contributed by atoms with Crippen LogP contribution in [-0.2, 0) is 6.54 Å². The van der Waals surface area contributed by atoms with Crippen LogP contribution in [0.3, 0.4) is 0 Å². The molecule has 1 unspecified atom stereocenters. The second kappa shape index (κ2) is 6.68. The summed E-state index contributed by atoms with van der Waals surface area (Å²) in [6, 6.07) is 5.49. The van der Waals surface area contributed by atoms with Gasteiger partial charge >= 0.3 is 0 Å². The van der Waals surface area contributed by atoms with Gasteiger partial charge in [0.05, 0.1) is 23.3 Å². The monoisotopic (exact) mass is 393 g/mol. The number of likely N-dealkylation sites (tertiary alicyclic amines) is 1. The van der Waals surface area contributed by atoms with Crippen LogP contribution in [0.4, 0.5) is 0 Å². The smallest absolute Gasteiger partial charge is 0.291 e. The van der Waals surface area contributed by atoms with Crippen LogP contribution in [0.15, 0.2) is 30.7 Å². The minimum atomic E-state index is -0.166. The fraction of sp³-hybridized carbons (Fsp3) is 0.450. The van der Waals surface area contributed by atoms with Crippen LogP contribution in [0.5, 0.6) is 0 Å². The molecular weight excluding hydrogens is 370 g/mol. The van der Waals surface area contributed by atoms with Gasteiger partial charge in [-0.25, -0.2) is 9.67 Å². The van der Waals surface area contributed by atoms with Crippen LogP contribution >= 0.6 is 0 Å². The number of carbonyl (C=O) groups is 2. The first-order valence-electron chi connectivity index (χ1n) is 9.99. The lowest BCUT2D eigenvalue weighted by Gasteiger charge is -2.24. The molecule has 1 saturated carbocycles. The Kier molecular flexibility index (Phi) is 4.11. The number of hydrogen-bond donors (Lipinski definition) is 2. The van der Waals surface area contributed by atoms with Crippen LogP contribution in [0.25, 0.3) is 10.9 Å². The van der Waals surface area contributed by atoms with Crippen molar-refractivity contribution in [2.75, 3.05) is 13.1 Å². The molecular formula is C20H23N7O2. The van der Waals surface area contributed by atoms with E-state index in [9.17, 15) is 9.59 Å². The van der Waals surface area contributed by atoms with Crippen molar-refractivity contribution in [2.45, 2.75) is 38.8 Å². The maximum atomic E-state index is 13.1. The molecule has 1 aliphatic heterocycles. The summed E-state index contributed by atoms with van der Waals surface area (Å²) in [5.74, 6) is 0.0903. The molecule has 2 aliphatic rings. The standard InChI is InChI=1S/C20H23N7O2/c1-2-27-17(22-12-24-27)19(29)26-11-20(6-7-20)8-14(26)10-21-18(28)15-5-3-4-13-9-23-25-16(13)15/h3-5,9,12,14H,2,6-8,10-11H2,1H3,(H,21,28)(H,23,25). The van der Waals surface area contributed by atoms with Crippen LogP contribution in [0, 0.1) is 5.41 Å². The Labute approximate surface area is 167 Å². The van der Waals surface area contributed by atoms with Crippen molar-refractivity contribution in [3.8, 4) is 0 Å². The first-order chi connectivity index (χ1) is 14.1. The minimum absolute atomic E-state index is 0.0445. The summed E-state index contributed by atoms with van der Waals surface area (Å²) in [4.78, 5) is 32.0. The molecule has 3 heterocycles. The normalized spacial score (nSPS) is 19.8. The molecule has 29 heavy (non-hydrogen) atoms. The van der Waals surface area contributed by atoms with E-state index in [1.54, 1.807) is 16.9 Å². The fourth-order valence-electron chi connectivity index (χ4n) is 4.38. The highest BCUT2D eigenvalue weighted by atomic mass is 16.2. The molecule has 0 radical (unpaired) electrons. The van der Waals surface area contributed by atoms with Crippen molar-refractivity contribution in [1.29, 1.82) is 0 Å². The van der Waals surface area contributed by atoms with E-state index in [1.165, 1.54) is 6.33 Å². The maximum Gasteiger partial charge on any atom is 0.291 e. The third kappa shape index (κ3) is 3.06. The van der Waals surface area contributed by atoms with Gasteiger partial charge in [-0.1, -0.05) is 12.1 Å². The van der Waals surface area contributed by atoms with Gasteiger partial charge in [-0.3, -0.25) is 14.7 Å². The molecule has 0 bridgehead atoms. The molecule has 1 aromatic carbocycles. The second-order valence-corrected chi connectivity index (χ2v) is 8.04. The second-order valence-electron chi connectivity index (χ2n) is 8.04. The van der Waals surface area contributed by atoms with Gasteiger partial charge < -0.3 is 10.2 Å². The van der Waals surface area contributed by atoms with Crippen molar-refractivity contribution in [2.24, 2.45) is 5.41 Å². The highest BCUT2D eigenvalue weighted by Gasteiger charge is 2.53. The van der Waals surface area contributed by atoms with Crippen molar-refractivity contribution < 1.29 is 9.59 Å². The molecule has 2 amide bonds. The number of para-hydroxylation sites is 1. The molecule has 2 N–H and O–H groups in total. The summed E-state index contributed by atoms with van der Waals surface area (Å²) in [6.07, 6.45) is 6.30. The summed E-state index contributed by atoms with van der Waals surface area (Å²) >= 11 is 0. The van der Waals surface area contributed by atoms with Crippen molar-refractivity contribution in [3.63, 3.8) is 0 Å².